The Bertz CT molecular complexity index is 581. The lowest BCUT2D eigenvalue weighted by Gasteiger charge is -2.24. The monoisotopic (exact) mass is 312 g/mol. The fourth-order valence-corrected chi connectivity index (χ4v) is 4.34. The summed E-state index contributed by atoms with van der Waals surface area (Å²) >= 11 is 0. The van der Waals surface area contributed by atoms with Crippen LogP contribution in [0.4, 0.5) is 0 Å². The van der Waals surface area contributed by atoms with Gasteiger partial charge in [0.25, 0.3) is 0 Å². The third kappa shape index (κ3) is 3.39. The van der Waals surface area contributed by atoms with E-state index in [4.69, 9.17) is 4.74 Å². The predicted molar refractivity (Wildman–Crippen MR) is 83.0 cm³/mol. The Hall–Kier alpha value is -1.11. The van der Waals surface area contributed by atoms with Crippen molar-refractivity contribution in [3.63, 3.8) is 0 Å². The zero-order chi connectivity index (χ0) is 15.5. The lowest BCUT2D eigenvalue weighted by Crippen LogP contribution is -2.35. The first-order valence-corrected chi connectivity index (χ1v) is 8.74. The van der Waals surface area contributed by atoms with E-state index in [2.05, 4.69) is 5.32 Å². The maximum Gasteiger partial charge on any atom is 0.243 e. The quantitative estimate of drug-likeness (QED) is 0.872. The van der Waals surface area contributed by atoms with Crippen LogP contribution in [0.2, 0.25) is 0 Å². The van der Waals surface area contributed by atoms with Crippen LogP contribution >= 0.6 is 0 Å². The lowest BCUT2D eigenvalue weighted by atomic mass is 10.2. The number of nitrogens with one attached hydrogen (secondary N) is 1. The van der Waals surface area contributed by atoms with Crippen molar-refractivity contribution in [2.75, 3.05) is 21.2 Å². The van der Waals surface area contributed by atoms with Crippen LogP contribution in [0.3, 0.4) is 0 Å². The van der Waals surface area contributed by atoms with E-state index in [0.717, 1.165) is 31.2 Å². The molecule has 0 heterocycles. The first-order chi connectivity index (χ1) is 10.0. The van der Waals surface area contributed by atoms with E-state index in [1.807, 2.05) is 7.05 Å². The molecule has 6 heteroatoms. The highest BCUT2D eigenvalue weighted by Gasteiger charge is 2.30. The molecule has 1 fully saturated rings. The van der Waals surface area contributed by atoms with Crippen molar-refractivity contribution in [3.05, 3.63) is 23.8 Å². The molecule has 1 aliphatic carbocycles. The van der Waals surface area contributed by atoms with E-state index in [0.29, 0.717) is 17.2 Å². The molecule has 0 aliphatic heterocycles. The molecule has 0 unspecified atom stereocenters. The molecule has 2 rings (SSSR count). The minimum Gasteiger partial charge on any atom is -0.496 e. The van der Waals surface area contributed by atoms with Crippen molar-refractivity contribution in [1.82, 2.24) is 9.62 Å². The summed E-state index contributed by atoms with van der Waals surface area (Å²) in [5.74, 6) is 0.701. The molecule has 0 spiro atoms. The third-order valence-electron chi connectivity index (χ3n) is 4.13. The van der Waals surface area contributed by atoms with Crippen LogP contribution in [0.5, 0.6) is 5.75 Å². The van der Waals surface area contributed by atoms with Gasteiger partial charge in [-0.05, 0) is 38.1 Å². The van der Waals surface area contributed by atoms with Gasteiger partial charge in [0, 0.05) is 25.2 Å². The van der Waals surface area contributed by atoms with Gasteiger partial charge in [-0.1, -0.05) is 12.8 Å². The Balaban J connectivity index is 2.32. The van der Waals surface area contributed by atoms with Gasteiger partial charge in [0.15, 0.2) is 0 Å². The summed E-state index contributed by atoms with van der Waals surface area (Å²) in [4.78, 5) is 0.336. The zero-order valence-corrected chi connectivity index (χ0v) is 13.7. The van der Waals surface area contributed by atoms with E-state index >= 15 is 0 Å². The fourth-order valence-electron chi connectivity index (χ4n) is 2.87. The maximum atomic E-state index is 12.7. The smallest absolute Gasteiger partial charge is 0.243 e. The fraction of sp³-hybridized carbons (Fsp3) is 0.600. The largest absolute Gasteiger partial charge is 0.496 e. The highest BCUT2D eigenvalue weighted by atomic mass is 32.2. The highest BCUT2D eigenvalue weighted by Crippen LogP contribution is 2.29. The molecule has 118 valence electrons. The van der Waals surface area contributed by atoms with Gasteiger partial charge in [0.1, 0.15) is 5.75 Å². The Labute approximate surface area is 127 Å². The van der Waals surface area contributed by atoms with Crippen molar-refractivity contribution in [2.45, 2.75) is 43.2 Å². The van der Waals surface area contributed by atoms with Gasteiger partial charge in [-0.2, -0.15) is 4.31 Å². The average Bonchev–Trinajstić information content (AvgIpc) is 3.00. The maximum absolute atomic E-state index is 12.7. The molecule has 5 nitrogen and oxygen atoms in total. The number of hydrogen-bond donors (Lipinski definition) is 1. The predicted octanol–water partition coefficient (Wildman–Crippen LogP) is 1.98. The van der Waals surface area contributed by atoms with E-state index in [-0.39, 0.29) is 6.04 Å². The number of methoxy groups -OCH3 is 1. The van der Waals surface area contributed by atoms with Crippen LogP contribution in [-0.4, -0.2) is 40.0 Å². The number of rotatable bonds is 6. The molecule has 0 amide bonds. The SMILES string of the molecule is CNCc1cc(S(=O)(=O)N(C)C2CCCC2)ccc1OC. The summed E-state index contributed by atoms with van der Waals surface area (Å²) in [6, 6.07) is 5.18. The number of hydrogen-bond acceptors (Lipinski definition) is 4. The molecule has 0 aromatic heterocycles. The molecule has 1 saturated carbocycles. The van der Waals surface area contributed by atoms with Gasteiger partial charge >= 0.3 is 0 Å². The van der Waals surface area contributed by atoms with E-state index in [1.54, 1.807) is 32.4 Å². The Morgan fingerprint density at radius 3 is 2.57 bits per heavy atom. The highest BCUT2D eigenvalue weighted by molar-refractivity contribution is 7.89. The van der Waals surface area contributed by atoms with Crippen molar-refractivity contribution >= 4 is 10.0 Å². The van der Waals surface area contributed by atoms with Crippen LogP contribution in [0.15, 0.2) is 23.1 Å². The Morgan fingerprint density at radius 2 is 2.00 bits per heavy atom. The van der Waals surface area contributed by atoms with Crippen LogP contribution in [0.1, 0.15) is 31.2 Å². The summed E-state index contributed by atoms with van der Waals surface area (Å²) in [7, 11) is 1.66. The van der Waals surface area contributed by atoms with Gasteiger partial charge in [0.05, 0.1) is 12.0 Å². The van der Waals surface area contributed by atoms with Crippen molar-refractivity contribution in [2.24, 2.45) is 0 Å². The second-order valence-corrected chi connectivity index (χ2v) is 7.46. The molecule has 0 atom stereocenters. The number of sulfonamides is 1. The van der Waals surface area contributed by atoms with Gasteiger partial charge in [-0.25, -0.2) is 8.42 Å². The molecular formula is C15H24N2O3S. The Kier molecular flexibility index (Phi) is 5.24. The Morgan fingerprint density at radius 1 is 1.33 bits per heavy atom. The molecule has 0 bridgehead atoms. The summed E-state index contributed by atoms with van der Waals surface area (Å²) in [5, 5.41) is 3.03. The van der Waals surface area contributed by atoms with Gasteiger partial charge in [0.2, 0.25) is 10.0 Å². The standard InChI is InChI=1S/C15H24N2O3S/c1-16-11-12-10-14(8-9-15(12)20-3)21(18,19)17(2)13-6-4-5-7-13/h8-10,13,16H,4-7,11H2,1-3H3. The molecule has 0 saturated heterocycles. The summed E-state index contributed by atoms with van der Waals surface area (Å²) < 4.78 is 32.3. The molecule has 1 aromatic carbocycles. The molecule has 21 heavy (non-hydrogen) atoms. The topological polar surface area (TPSA) is 58.6 Å². The lowest BCUT2D eigenvalue weighted by molar-refractivity contribution is 0.372. The molecular weight excluding hydrogens is 288 g/mol. The zero-order valence-electron chi connectivity index (χ0n) is 12.9. The molecule has 1 N–H and O–H groups in total. The number of ether oxygens (including phenoxy) is 1. The van der Waals surface area contributed by atoms with E-state index in [9.17, 15) is 8.42 Å². The van der Waals surface area contributed by atoms with Gasteiger partial charge in [-0.15, -0.1) is 0 Å². The minimum atomic E-state index is -3.44. The second kappa shape index (κ2) is 6.77. The normalized spacial score (nSPS) is 16.6. The number of benzene rings is 1. The van der Waals surface area contributed by atoms with Gasteiger partial charge < -0.3 is 10.1 Å². The van der Waals surface area contributed by atoms with Crippen LogP contribution in [0, 0.1) is 0 Å². The first-order valence-electron chi connectivity index (χ1n) is 7.30. The van der Waals surface area contributed by atoms with Crippen LogP contribution < -0.4 is 10.1 Å². The van der Waals surface area contributed by atoms with Gasteiger partial charge in [-0.3, -0.25) is 0 Å². The molecule has 0 radical (unpaired) electrons. The average molecular weight is 312 g/mol. The van der Waals surface area contributed by atoms with Crippen molar-refractivity contribution < 1.29 is 13.2 Å². The van der Waals surface area contributed by atoms with Crippen LogP contribution in [0.25, 0.3) is 0 Å². The second-order valence-electron chi connectivity index (χ2n) is 5.46. The molecule has 1 aliphatic rings. The van der Waals surface area contributed by atoms with Crippen molar-refractivity contribution in [1.29, 1.82) is 0 Å². The van der Waals surface area contributed by atoms with E-state index < -0.39 is 10.0 Å². The minimum absolute atomic E-state index is 0.129. The van der Waals surface area contributed by atoms with E-state index in [1.165, 1.54) is 4.31 Å². The van der Waals surface area contributed by atoms with Crippen LogP contribution in [-0.2, 0) is 16.6 Å². The number of nitrogens with zero attached hydrogens (tertiary/aromatic N) is 1. The molecule has 1 aromatic rings. The summed E-state index contributed by atoms with van der Waals surface area (Å²) in [6.45, 7) is 0.569. The summed E-state index contributed by atoms with van der Waals surface area (Å²) in [6.07, 6.45) is 4.13. The summed E-state index contributed by atoms with van der Waals surface area (Å²) in [5.41, 5.74) is 0.848. The first kappa shape index (κ1) is 16.3. The third-order valence-corrected chi connectivity index (χ3v) is 6.04. The van der Waals surface area contributed by atoms with Crippen molar-refractivity contribution in [3.8, 4) is 5.75 Å².